The Bertz CT molecular complexity index is 1290. The highest BCUT2D eigenvalue weighted by atomic mass is 35.5. The van der Waals surface area contributed by atoms with Gasteiger partial charge in [0.2, 0.25) is 11.8 Å². The molecule has 186 valence electrons. The summed E-state index contributed by atoms with van der Waals surface area (Å²) in [4.78, 5) is 46.4. The van der Waals surface area contributed by atoms with E-state index in [0.29, 0.717) is 24.6 Å². The Balaban J connectivity index is 1.69. The van der Waals surface area contributed by atoms with Crippen LogP contribution in [0.2, 0.25) is 5.15 Å². The van der Waals surface area contributed by atoms with E-state index in [-0.39, 0.29) is 35.6 Å². The molecule has 0 bridgehead atoms. The van der Waals surface area contributed by atoms with Crippen LogP contribution in [0.1, 0.15) is 44.5 Å². The van der Waals surface area contributed by atoms with Gasteiger partial charge in [0.25, 0.3) is 5.56 Å². The number of nitrogens with zero attached hydrogens (tertiary/aromatic N) is 3. The number of imidazole rings is 1. The molecule has 1 aromatic carbocycles. The number of likely N-dealkylation sites (N-methyl/N-ethyl adjacent to an activating group) is 1. The number of allylic oxidation sites excluding steroid dienone is 1. The summed E-state index contributed by atoms with van der Waals surface area (Å²) < 4.78 is 1.38. The Morgan fingerprint density at radius 3 is 2.71 bits per heavy atom. The quantitative estimate of drug-likeness (QED) is 0.246. The van der Waals surface area contributed by atoms with Crippen LogP contribution in [0.4, 0.5) is 5.69 Å². The molecule has 0 unspecified atom stereocenters. The molecule has 0 aliphatic heterocycles. The van der Waals surface area contributed by atoms with Crippen LogP contribution < -0.4 is 10.9 Å². The number of H-pyrrole nitrogens is 1. The summed E-state index contributed by atoms with van der Waals surface area (Å²) in [5.74, 6) is 0.736. The minimum Gasteiger partial charge on any atom is -0.345 e. The Morgan fingerprint density at radius 2 is 2.00 bits per heavy atom. The Kier molecular flexibility index (Phi) is 8.87. The van der Waals surface area contributed by atoms with E-state index in [1.165, 1.54) is 21.6 Å². The molecule has 0 atom stereocenters. The summed E-state index contributed by atoms with van der Waals surface area (Å²) in [5, 5.41) is 2.93. The molecule has 0 aliphatic rings. The first kappa shape index (κ1) is 26.2. The molecular formula is C26H32ClN5O3. The minimum absolute atomic E-state index is 0.100. The van der Waals surface area contributed by atoms with Crippen LogP contribution in [0, 0.1) is 5.92 Å². The van der Waals surface area contributed by atoms with E-state index in [1.54, 1.807) is 26.2 Å². The average molecular weight is 498 g/mol. The zero-order chi connectivity index (χ0) is 25.5. The second-order valence-electron chi connectivity index (χ2n) is 9.13. The van der Waals surface area contributed by atoms with Gasteiger partial charge in [-0.15, -0.1) is 0 Å². The predicted octanol–water partition coefficient (Wildman–Crippen LogP) is 4.38. The van der Waals surface area contributed by atoms with Gasteiger partial charge in [0, 0.05) is 20.5 Å². The van der Waals surface area contributed by atoms with Gasteiger partial charge in [-0.1, -0.05) is 43.7 Å². The van der Waals surface area contributed by atoms with Crippen molar-refractivity contribution in [1.82, 2.24) is 19.4 Å². The molecular weight excluding hydrogens is 466 g/mol. The molecule has 8 nitrogen and oxygen atoms in total. The number of anilines is 1. The molecule has 3 aromatic rings. The maximum atomic E-state index is 13.0. The predicted molar refractivity (Wildman–Crippen MR) is 140 cm³/mol. The van der Waals surface area contributed by atoms with E-state index in [4.69, 9.17) is 16.6 Å². The zero-order valence-corrected chi connectivity index (χ0v) is 21.4. The van der Waals surface area contributed by atoms with Gasteiger partial charge in [-0.25, -0.2) is 4.98 Å². The van der Waals surface area contributed by atoms with Crippen LogP contribution in [0.25, 0.3) is 11.0 Å². The van der Waals surface area contributed by atoms with Crippen molar-refractivity contribution in [2.45, 2.75) is 46.1 Å². The van der Waals surface area contributed by atoms with Crippen LogP contribution in [-0.4, -0.2) is 45.3 Å². The number of nitrogens with one attached hydrogen (secondary N) is 2. The summed E-state index contributed by atoms with van der Waals surface area (Å²) >= 11 is 6.32. The molecule has 35 heavy (non-hydrogen) atoms. The summed E-state index contributed by atoms with van der Waals surface area (Å²) in [6, 6.07) is 9.11. The molecule has 2 aromatic heterocycles. The monoisotopic (exact) mass is 497 g/mol. The van der Waals surface area contributed by atoms with E-state index < -0.39 is 5.56 Å². The molecule has 9 heteroatoms. The fourth-order valence-electron chi connectivity index (χ4n) is 3.70. The smallest absolute Gasteiger partial charge is 0.275 e. The van der Waals surface area contributed by atoms with Gasteiger partial charge >= 0.3 is 0 Å². The van der Waals surface area contributed by atoms with Gasteiger partial charge in [0.05, 0.1) is 17.6 Å². The largest absolute Gasteiger partial charge is 0.345 e. The number of hydrogen-bond donors (Lipinski definition) is 2. The normalized spacial score (nSPS) is 11.5. The molecule has 0 saturated carbocycles. The average Bonchev–Trinajstić information content (AvgIpc) is 3.21. The van der Waals surface area contributed by atoms with E-state index in [9.17, 15) is 14.4 Å². The van der Waals surface area contributed by atoms with E-state index in [0.717, 1.165) is 23.0 Å². The first-order valence-electron chi connectivity index (χ1n) is 11.7. The lowest BCUT2D eigenvalue weighted by molar-refractivity contribution is -0.123. The van der Waals surface area contributed by atoms with Crippen LogP contribution in [0.5, 0.6) is 0 Å². The van der Waals surface area contributed by atoms with Gasteiger partial charge < -0.3 is 15.2 Å². The van der Waals surface area contributed by atoms with Crippen molar-refractivity contribution in [3.8, 4) is 0 Å². The van der Waals surface area contributed by atoms with Crippen molar-refractivity contribution >= 4 is 40.1 Å². The zero-order valence-electron chi connectivity index (χ0n) is 20.6. The number of aromatic amines is 1. The third kappa shape index (κ3) is 7.05. The number of benzene rings is 1. The summed E-state index contributed by atoms with van der Waals surface area (Å²) in [6.45, 7) is 4.48. The molecule has 0 fully saturated rings. The molecule has 0 spiro atoms. The second-order valence-corrected chi connectivity index (χ2v) is 9.52. The number of fused-ring (bicyclic) bond motifs is 1. The summed E-state index contributed by atoms with van der Waals surface area (Å²) in [6.07, 6.45) is 5.51. The van der Waals surface area contributed by atoms with Crippen molar-refractivity contribution in [1.29, 1.82) is 0 Å². The van der Waals surface area contributed by atoms with E-state index in [2.05, 4.69) is 30.2 Å². The third-order valence-corrected chi connectivity index (χ3v) is 5.78. The van der Waals surface area contributed by atoms with Crippen molar-refractivity contribution in [3.05, 3.63) is 69.4 Å². The maximum absolute atomic E-state index is 13.0. The third-order valence-electron chi connectivity index (χ3n) is 5.45. The summed E-state index contributed by atoms with van der Waals surface area (Å²) in [5.41, 5.74) is 2.72. The number of halogens is 1. The van der Waals surface area contributed by atoms with Crippen molar-refractivity contribution in [2.24, 2.45) is 5.92 Å². The fourth-order valence-corrected chi connectivity index (χ4v) is 3.90. The first-order valence-corrected chi connectivity index (χ1v) is 12.1. The Morgan fingerprint density at radius 1 is 1.23 bits per heavy atom. The lowest BCUT2D eigenvalue weighted by atomic mass is 10.0. The standard InChI is InChI=1S/C26H32ClN5O3/c1-17(2)15-18-9-8-10-19-25(18)30-22(28-19)16-32-21(27)14-13-20(26(32)35)29-23(33)11-6-5-7-12-24(34)31(3)4/h7-10,12-14,17H,5-6,11,15-16H2,1-4H3,(H,28,30)(H,29,33)/b12-7+. The van der Waals surface area contributed by atoms with Crippen LogP contribution in [-0.2, 0) is 22.6 Å². The van der Waals surface area contributed by atoms with Gasteiger partial charge in [-0.3, -0.25) is 19.0 Å². The molecule has 0 radical (unpaired) electrons. The maximum Gasteiger partial charge on any atom is 0.275 e. The molecule has 2 amide bonds. The number of amides is 2. The van der Waals surface area contributed by atoms with Gasteiger partial charge in [-0.2, -0.15) is 0 Å². The SMILES string of the molecule is CC(C)Cc1cccc2[nH]c(Cn3c(Cl)ccc(NC(=O)CCC/C=C/C(=O)N(C)C)c3=O)nc12. The van der Waals surface area contributed by atoms with Gasteiger partial charge in [-0.05, 0) is 55.0 Å². The number of pyridine rings is 1. The van der Waals surface area contributed by atoms with Crippen molar-refractivity contribution < 1.29 is 9.59 Å². The molecule has 2 heterocycles. The number of carbonyl (C=O) groups excluding carboxylic acids is 2. The summed E-state index contributed by atoms with van der Waals surface area (Å²) in [7, 11) is 3.36. The Hall–Kier alpha value is -3.39. The van der Waals surface area contributed by atoms with Gasteiger partial charge in [0.15, 0.2) is 0 Å². The highest BCUT2D eigenvalue weighted by molar-refractivity contribution is 6.29. The van der Waals surface area contributed by atoms with Crippen LogP contribution in [0.3, 0.4) is 0 Å². The number of para-hydroxylation sites is 1. The first-order chi connectivity index (χ1) is 16.7. The number of aromatic nitrogens is 3. The van der Waals surface area contributed by atoms with Crippen molar-refractivity contribution in [3.63, 3.8) is 0 Å². The molecule has 0 aliphatic carbocycles. The van der Waals surface area contributed by atoms with Crippen LogP contribution >= 0.6 is 11.6 Å². The minimum atomic E-state index is -0.398. The number of hydrogen-bond acceptors (Lipinski definition) is 4. The van der Waals surface area contributed by atoms with Crippen LogP contribution in [0.15, 0.2) is 47.3 Å². The Labute approximate surface area is 210 Å². The second kappa shape index (κ2) is 11.8. The number of carbonyl (C=O) groups is 2. The van der Waals surface area contributed by atoms with E-state index in [1.807, 2.05) is 12.1 Å². The molecule has 3 rings (SSSR count). The highest BCUT2D eigenvalue weighted by Crippen LogP contribution is 2.20. The lowest BCUT2D eigenvalue weighted by Crippen LogP contribution is -2.27. The molecule has 0 saturated heterocycles. The van der Waals surface area contributed by atoms with Gasteiger partial charge in [0.1, 0.15) is 16.7 Å². The topological polar surface area (TPSA) is 100 Å². The van der Waals surface area contributed by atoms with E-state index >= 15 is 0 Å². The fraction of sp³-hybridized carbons (Fsp3) is 0.385. The highest BCUT2D eigenvalue weighted by Gasteiger charge is 2.14. The number of unbranched alkanes of at least 4 members (excludes halogenated alkanes) is 1. The molecule has 2 N–H and O–H groups in total. The van der Waals surface area contributed by atoms with Crippen molar-refractivity contribution in [2.75, 3.05) is 19.4 Å². The number of rotatable bonds is 10. The lowest BCUT2D eigenvalue weighted by Gasteiger charge is -2.10.